The highest BCUT2D eigenvalue weighted by Crippen LogP contribution is 2.58. The minimum absolute atomic E-state index is 0.107. The molecule has 0 saturated heterocycles. The zero-order valence-electron chi connectivity index (χ0n) is 43.7. The molecule has 3 heteroatoms. The van der Waals surface area contributed by atoms with Crippen molar-refractivity contribution >= 4 is 5.97 Å². The number of hydrogen-bond donors (Lipinski definition) is 1. The zero-order valence-corrected chi connectivity index (χ0v) is 43.7. The number of aryl methyl sites for hydroxylation is 1. The van der Waals surface area contributed by atoms with Gasteiger partial charge in [0.25, 0.3) is 0 Å². The summed E-state index contributed by atoms with van der Waals surface area (Å²) in [6.07, 6.45) is 0. The van der Waals surface area contributed by atoms with E-state index in [0.29, 0.717) is 11.1 Å². The number of fused-ring (bicyclic) bond motifs is 3. The molecule has 13 rings (SSSR count). The van der Waals surface area contributed by atoms with E-state index in [4.69, 9.17) is 4.74 Å². The smallest absolute Gasteiger partial charge is 0.339 e. The standard InChI is InChI=1S/C76H54O3/c1-51-23-14-15-34-62(51)57-46-58(64-35-17-19-42-72(64)77)48-59(47-57)67-38-21-37-66(74(67)75(78)79-50-52-24-6-2-7-25-52)56-43-44-63(53-26-8-3-9-27-53)69(49-56)55-29-20-28-54(45-55)65-39-22-41-71-73(65)68-36-16-18-40-70(68)76(71,60-30-10-4-11-31-60)61-32-12-5-13-33-61/h2-49,77H,50H2,1H3. The van der Waals surface area contributed by atoms with Crippen LogP contribution < -0.4 is 0 Å². The van der Waals surface area contributed by atoms with Crippen molar-refractivity contribution in [3.8, 4) is 94.8 Å². The normalized spacial score (nSPS) is 12.1. The number of rotatable bonds is 12. The second kappa shape index (κ2) is 20.8. The molecule has 0 unspecified atom stereocenters. The summed E-state index contributed by atoms with van der Waals surface area (Å²) in [6, 6.07) is 102. The Balaban J connectivity index is 1.00. The average Bonchev–Trinajstić information content (AvgIpc) is 4.05. The van der Waals surface area contributed by atoms with Crippen LogP contribution in [0.15, 0.2) is 291 Å². The summed E-state index contributed by atoms with van der Waals surface area (Å²) in [5.41, 5.74) is 22.6. The third-order valence-electron chi connectivity index (χ3n) is 15.8. The number of carbonyl (C=O) groups is 1. The van der Waals surface area contributed by atoms with E-state index in [9.17, 15) is 5.11 Å². The zero-order chi connectivity index (χ0) is 53.3. The topological polar surface area (TPSA) is 46.5 Å². The lowest BCUT2D eigenvalue weighted by Crippen LogP contribution is -2.28. The number of ether oxygens (including phenoxy) is 1. The van der Waals surface area contributed by atoms with E-state index in [1.165, 1.54) is 33.4 Å². The van der Waals surface area contributed by atoms with Gasteiger partial charge in [-0.25, -0.2) is 4.79 Å². The molecule has 0 saturated carbocycles. The first-order valence-corrected chi connectivity index (χ1v) is 26.9. The van der Waals surface area contributed by atoms with E-state index >= 15 is 4.79 Å². The van der Waals surface area contributed by atoms with Crippen molar-refractivity contribution in [1.29, 1.82) is 0 Å². The molecule has 0 atom stereocenters. The highest BCUT2D eigenvalue weighted by molar-refractivity contribution is 6.06. The summed E-state index contributed by atoms with van der Waals surface area (Å²) in [5.74, 6) is -0.258. The van der Waals surface area contributed by atoms with Crippen molar-refractivity contribution in [2.75, 3.05) is 0 Å². The van der Waals surface area contributed by atoms with Crippen molar-refractivity contribution < 1.29 is 14.6 Å². The van der Waals surface area contributed by atoms with Crippen LogP contribution in [-0.4, -0.2) is 11.1 Å². The molecule has 0 aliphatic heterocycles. The Hall–Kier alpha value is -10.1. The number of carbonyl (C=O) groups excluding carboxylic acids is 1. The van der Waals surface area contributed by atoms with Crippen LogP contribution in [0.1, 0.15) is 43.7 Å². The molecule has 12 aromatic carbocycles. The Morgan fingerprint density at radius 1 is 0.354 bits per heavy atom. The molecule has 0 amide bonds. The van der Waals surface area contributed by atoms with Crippen LogP contribution in [0.25, 0.3) is 89.0 Å². The van der Waals surface area contributed by atoms with Crippen LogP contribution >= 0.6 is 0 Å². The van der Waals surface area contributed by atoms with Crippen molar-refractivity contribution in [3.63, 3.8) is 0 Å². The van der Waals surface area contributed by atoms with E-state index in [1.807, 2.05) is 78.9 Å². The van der Waals surface area contributed by atoms with Crippen molar-refractivity contribution in [2.24, 2.45) is 0 Å². The molecule has 3 nitrogen and oxygen atoms in total. The van der Waals surface area contributed by atoms with Gasteiger partial charge in [-0.05, 0) is 160 Å². The maximum Gasteiger partial charge on any atom is 0.339 e. The summed E-state index contributed by atoms with van der Waals surface area (Å²) in [4.78, 5) is 15.2. The molecule has 1 aliphatic rings. The van der Waals surface area contributed by atoms with Gasteiger partial charge in [0.2, 0.25) is 0 Å². The van der Waals surface area contributed by atoms with Crippen LogP contribution in [-0.2, 0) is 16.8 Å². The minimum Gasteiger partial charge on any atom is -0.507 e. The molecule has 1 N–H and O–H groups in total. The number of para-hydroxylation sites is 1. The monoisotopic (exact) mass is 1010 g/mol. The summed E-state index contributed by atoms with van der Waals surface area (Å²) in [5, 5.41) is 11.3. The second-order valence-corrected chi connectivity index (χ2v) is 20.4. The first kappa shape index (κ1) is 48.5. The van der Waals surface area contributed by atoms with Gasteiger partial charge in [-0.2, -0.15) is 0 Å². The van der Waals surface area contributed by atoms with Gasteiger partial charge in [0.15, 0.2) is 0 Å². The summed E-state index contributed by atoms with van der Waals surface area (Å²) < 4.78 is 6.33. The van der Waals surface area contributed by atoms with Crippen molar-refractivity contribution in [2.45, 2.75) is 18.9 Å². The maximum atomic E-state index is 15.2. The predicted molar refractivity (Wildman–Crippen MR) is 324 cm³/mol. The van der Waals surface area contributed by atoms with Crippen LogP contribution in [0.2, 0.25) is 0 Å². The van der Waals surface area contributed by atoms with Crippen molar-refractivity contribution in [1.82, 2.24) is 0 Å². The number of phenolic OH excluding ortho intramolecular Hbond substituents is 1. The number of hydrogen-bond acceptors (Lipinski definition) is 3. The molecule has 12 aromatic rings. The number of benzene rings is 12. The molecule has 0 aromatic heterocycles. The lowest BCUT2D eigenvalue weighted by molar-refractivity contribution is 0.0474. The highest BCUT2D eigenvalue weighted by Gasteiger charge is 2.46. The van der Waals surface area contributed by atoms with E-state index in [1.54, 1.807) is 6.07 Å². The number of esters is 1. The predicted octanol–water partition coefficient (Wildman–Crippen LogP) is 19.1. The van der Waals surface area contributed by atoms with Crippen LogP contribution in [0.3, 0.4) is 0 Å². The summed E-state index contributed by atoms with van der Waals surface area (Å²) in [6.45, 7) is 2.21. The molecule has 0 radical (unpaired) electrons. The Bertz CT molecular complexity index is 4120. The van der Waals surface area contributed by atoms with Crippen LogP contribution in [0.5, 0.6) is 5.75 Å². The van der Waals surface area contributed by atoms with Gasteiger partial charge in [0.05, 0.1) is 11.0 Å². The quantitative estimate of drug-likeness (QED) is 0.124. The van der Waals surface area contributed by atoms with Crippen molar-refractivity contribution in [3.05, 3.63) is 330 Å². The highest BCUT2D eigenvalue weighted by atomic mass is 16.5. The van der Waals surface area contributed by atoms with E-state index in [0.717, 1.165) is 83.5 Å². The third kappa shape index (κ3) is 8.82. The van der Waals surface area contributed by atoms with Gasteiger partial charge < -0.3 is 9.84 Å². The largest absolute Gasteiger partial charge is 0.507 e. The fourth-order valence-corrected chi connectivity index (χ4v) is 12.2. The Morgan fingerprint density at radius 3 is 1.49 bits per heavy atom. The molecule has 1 aliphatic carbocycles. The lowest BCUT2D eigenvalue weighted by Gasteiger charge is -2.34. The molecule has 376 valence electrons. The average molecular weight is 1020 g/mol. The van der Waals surface area contributed by atoms with Gasteiger partial charge in [0.1, 0.15) is 12.4 Å². The Kier molecular flexibility index (Phi) is 12.8. The van der Waals surface area contributed by atoms with Gasteiger partial charge >= 0.3 is 5.97 Å². The summed E-state index contributed by atoms with van der Waals surface area (Å²) >= 11 is 0. The fourth-order valence-electron chi connectivity index (χ4n) is 12.2. The minimum atomic E-state index is -0.530. The summed E-state index contributed by atoms with van der Waals surface area (Å²) in [7, 11) is 0. The second-order valence-electron chi connectivity index (χ2n) is 20.4. The van der Waals surface area contributed by atoms with E-state index in [-0.39, 0.29) is 12.4 Å². The van der Waals surface area contributed by atoms with Crippen LogP contribution in [0, 0.1) is 6.92 Å². The molecular formula is C76H54O3. The van der Waals surface area contributed by atoms with Gasteiger partial charge in [-0.1, -0.05) is 255 Å². The van der Waals surface area contributed by atoms with Gasteiger partial charge in [0, 0.05) is 5.56 Å². The molecule has 0 bridgehead atoms. The Morgan fingerprint density at radius 2 is 0.810 bits per heavy atom. The first-order valence-electron chi connectivity index (χ1n) is 26.9. The lowest BCUT2D eigenvalue weighted by atomic mass is 9.67. The molecular weight excluding hydrogens is 961 g/mol. The number of phenols is 1. The van der Waals surface area contributed by atoms with Gasteiger partial charge in [-0.15, -0.1) is 0 Å². The first-order chi connectivity index (χ1) is 38.9. The molecule has 79 heavy (non-hydrogen) atoms. The molecule has 0 fully saturated rings. The van der Waals surface area contributed by atoms with E-state index in [2.05, 4.69) is 213 Å². The fraction of sp³-hybridized carbons (Fsp3) is 0.0395. The van der Waals surface area contributed by atoms with E-state index < -0.39 is 11.4 Å². The maximum absolute atomic E-state index is 15.2. The molecule has 0 heterocycles. The third-order valence-corrected chi connectivity index (χ3v) is 15.8. The van der Waals surface area contributed by atoms with Gasteiger partial charge in [-0.3, -0.25) is 0 Å². The van der Waals surface area contributed by atoms with Crippen LogP contribution in [0.4, 0.5) is 0 Å². The Labute approximate surface area is 462 Å². The molecule has 0 spiro atoms. The SMILES string of the molecule is Cc1ccccc1-c1cc(-c2ccccc2O)cc(-c2cccc(-c3ccc(-c4ccccc4)c(-c4cccc(-c5cccc6c5-c5ccccc5C6(c5ccccc5)c5ccccc5)c4)c3)c2C(=O)OCc2ccccc2)c1. The number of aromatic hydroxyl groups is 1.